The van der Waals surface area contributed by atoms with Crippen molar-refractivity contribution < 1.29 is 4.79 Å². The van der Waals surface area contributed by atoms with Gasteiger partial charge in [0.2, 0.25) is 5.91 Å². The summed E-state index contributed by atoms with van der Waals surface area (Å²) in [6, 6.07) is 4.23. The summed E-state index contributed by atoms with van der Waals surface area (Å²) in [5.41, 5.74) is 0. The van der Waals surface area contributed by atoms with Gasteiger partial charge in [-0.3, -0.25) is 4.79 Å². The number of carbonyl (C=O) groups excluding carboxylic acids is 1. The maximum absolute atomic E-state index is 11.8. The van der Waals surface area contributed by atoms with Gasteiger partial charge in [0, 0.05) is 18.0 Å². The van der Waals surface area contributed by atoms with Gasteiger partial charge in [-0.05, 0) is 31.3 Å². The van der Waals surface area contributed by atoms with Crippen LogP contribution in [0.5, 0.6) is 0 Å². The van der Waals surface area contributed by atoms with Crippen LogP contribution in [-0.4, -0.2) is 37.0 Å². The minimum absolute atomic E-state index is 0.0494. The summed E-state index contributed by atoms with van der Waals surface area (Å²) < 4.78 is 0. The molecule has 0 aromatic carbocycles. The molecule has 2 heterocycles. The third-order valence-corrected chi connectivity index (χ3v) is 3.79. The van der Waals surface area contributed by atoms with Crippen molar-refractivity contribution in [1.82, 2.24) is 10.2 Å². The summed E-state index contributed by atoms with van der Waals surface area (Å²) in [7, 11) is 1.85. The van der Waals surface area contributed by atoms with Gasteiger partial charge < -0.3 is 10.2 Å². The van der Waals surface area contributed by atoms with Gasteiger partial charge >= 0.3 is 0 Å². The van der Waals surface area contributed by atoms with Crippen LogP contribution in [0, 0.1) is 0 Å². The highest BCUT2D eigenvalue weighted by Crippen LogP contribution is 2.14. The molecular weight excluding hydrogens is 208 g/mol. The molecule has 82 valence electrons. The Balaban J connectivity index is 1.84. The molecule has 1 atom stereocenters. The third-order valence-electron chi connectivity index (χ3n) is 2.85. The molecule has 0 spiro atoms. The zero-order valence-electron chi connectivity index (χ0n) is 8.90. The van der Waals surface area contributed by atoms with Crippen LogP contribution < -0.4 is 5.32 Å². The van der Waals surface area contributed by atoms with Gasteiger partial charge in [0.25, 0.3) is 0 Å². The molecule has 1 aliphatic heterocycles. The average Bonchev–Trinajstić information content (AvgIpc) is 2.85. The predicted octanol–water partition coefficient (Wildman–Crippen LogP) is 1.11. The van der Waals surface area contributed by atoms with E-state index in [4.69, 9.17) is 0 Å². The van der Waals surface area contributed by atoms with Crippen LogP contribution in [-0.2, 0) is 11.2 Å². The number of likely N-dealkylation sites (tertiary alicyclic amines) is 1. The Morgan fingerprint density at radius 2 is 2.53 bits per heavy atom. The second-order valence-electron chi connectivity index (χ2n) is 3.78. The minimum Gasteiger partial charge on any atom is -0.341 e. The molecular formula is C11H16N2OS. The van der Waals surface area contributed by atoms with Crippen molar-refractivity contribution in [3.05, 3.63) is 22.4 Å². The molecule has 15 heavy (non-hydrogen) atoms. The van der Waals surface area contributed by atoms with E-state index in [-0.39, 0.29) is 11.9 Å². The Hall–Kier alpha value is -0.870. The fraction of sp³-hybridized carbons (Fsp3) is 0.545. The van der Waals surface area contributed by atoms with Crippen LogP contribution in [0.4, 0.5) is 0 Å². The molecule has 0 saturated carbocycles. The van der Waals surface area contributed by atoms with E-state index in [1.54, 1.807) is 11.3 Å². The number of nitrogens with one attached hydrogen (secondary N) is 1. The summed E-state index contributed by atoms with van der Waals surface area (Å²) in [5, 5.41) is 5.13. The maximum atomic E-state index is 11.8. The molecule has 0 bridgehead atoms. The normalized spacial score (nSPS) is 21.3. The monoisotopic (exact) mass is 224 g/mol. The number of nitrogens with zero attached hydrogens (tertiary/aromatic N) is 1. The molecule has 4 heteroatoms. The number of likely N-dealkylation sites (N-methyl/N-ethyl adjacent to an activating group) is 1. The fourth-order valence-electron chi connectivity index (χ4n) is 1.93. The molecule has 1 unspecified atom stereocenters. The lowest BCUT2D eigenvalue weighted by molar-refractivity contribution is -0.129. The van der Waals surface area contributed by atoms with Gasteiger partial charge in [-0.1, -0.05) is 6.07 Å². The van der Waals surface area contributed by atoms with Crippen molar-refractivity contribution in [2.45, 2.75) is 18.9 Å². The minimum atomic E-state index is 0.0494. The number of hydrogen-bond acceptors (Lipinski definition) is 3. The summed E-state index contributed by atoms with van der Waals surface area (Å²) in [5.74, 6) is 0.258. The van der Waals surface area contributed by atoms with Crippen LogP contribution in [0.25, 0.3) is 0 Å². The highest BCUT2D eigenvalue weighted by Gasteiger charge is 2.29. The van der Waals surface area contributed by atoms with Crippen LogP contribution in [0.15, 0.2) is 17.5 Å². The largest absolute Gasteiger partial charge is 0.341 e. The average molecular weight is 224 g/mol. The number of hydrogen-bond donors (Lipinski definition) is 1. The molecule has 0 aliphatic carbocycles. The topological polar surface area (TPSA) is 32.3 Å². The lowest BCUT2D eigenvalue weighted by Crippen LogP contribution is -2.37. The van der Waals surface area contributed by atoms with E-state index < -0.39 is 0 Å². The van der Waals surface area contributed by atoms with Crippen molar-refractivity contribution in [1.29, 1.82) is 0 Å². The van der Waals surface area contributed by atoms with Gasteiger partial charge in [0.05, 0.1) is 6.04 Å². The van der Waals surface area contributed by atoms with E-state index in [1.807, 2.05) is 11.9 Å². The number of carbonyl (C=O) groups is 1. The summed E-state index contributed by atoms with van der Waals surface area (Å²) in [4.78, 5) is 15.1. The second-order valence-corrected chi connectivity index (χ2v) is 4.82. The number of rotatable bonds is 4. The molecule has 2 rings (SSSR count). The van der Waals surface area contributed by atoms with Crippen LogP contribution in [0.2, 0.25) is 0 Å². The molecule has 1 aromatic rings. The predicted molar refractivity (Wildman–Crippen MR) is 62.1 cm³/mol. The van der Waals surface area contributed by atoms with Crippen LogP contribution >= 0.6 is 11.3 Å². The van der Waals surface area contributed by atoms with Crippen LogP contribution in [0.3, 0.4) is 0 Å². The highest BCUT2D eigenvalue weighted by atomic mass is 32.1. The Labute approximate surface area is 94.1 Å². The van der Waals surface area contributed by atoms with Crippen molar-refractivity contribution in [2.24, 2.45) is 0 Å². The SMILES string of the molecule is CNC1CCN(CCc2cccs2)C1=O. The first-order valence-corrected chi connectivity index (χ1v) is 6.17. The summed E-state index contributed by atoms with van der Waals surface area (Å²) in [6.07, 6.45) is 1.93. The third kappa shape index (κ3) is 2.38. The number of amides is 1. The molecule has 1 amide bonds. The Morgan fingerprint density at radius 1 is 1.67 bits per heavy atom. The molecule has 1 saturated heterocycles. The highest BCUT2D eigenvalue weighted by molar-refractivity contribution is 7.09. The van der Waals surface area contributed by atoms with Gasteiger partial charge in [-0.15, -0.1) is 11.3 Å². The first kappa shape index (κ1) is 10.6. The lowest BCUT2D eigenvalue weighted by Gasteiger charge is -2.15. The second kappa shape index (κ2) is 4.77. The molecule has 1 fully saturated rings. The van der Waals surface area contributed by atoms with E-state index in [1.165, 1.54) is 4.88 Å². The maximum Gasteiger partial charge on any atom is 0.239 e. The quantitative estimate of drug-likeness (QED) is 0.831. The molecule has 1 aliphatic rings. The fourth-order valence-corrected chi connectivity index (χ4v) is 2.63. The summed E-state index contributed by atoms with van der Waals surface area (Å²) >= 11 is 1.76. The van der Waals surface area contributed by atoms with Crippen molar-refractivity contribution in [2.75, 3.05) is 20.1 Å². The van der Waals surface area contributed by atoms with Gasteiger partial charge in [-0.25, -0.2) is 0 Å². The first-order chi connectivity index (χ1) is 7.31. The zero-order chi connectivity index (χ0) is 10.7. The van der Waals surface area contributed by atoms with Gasteiger partial charge in [-0.2, -0.15) is 0 Å². The van der Waals surface area contributed by atoms with Gasteiger partial charge in [0.15, 0.2) is 0 Å². The Kier molecular flexibility index (Phi) is 3.38. The number of thiophene rings is 1. The van der Waals surface area contributed by atoms with E-state index in [2.05, 4.69) is 22.8 Å². The smallest absolute Gasteiger partial charge is 0.239 e. The lowest BCUT2D eigenvalue weighted by atomic mass is 10.2. The molecule has 1 N–H and O–H groups in total. The van der Waals surface area contributed by atoms with Crippen LogP contribution in [0.1, 0.15) is 11.3 Å². The van der Waals surface area contributed by atoms with Crippen molar-refractivity contribution in [3.63, 3.8) is 0 Å². The Bertz CT molecular complexity index is 323. The standard InChI is InChI=1S/C11H16N2OS/c1-12-10-5-7-13(11(10)14)6-4-9-3-2-8-15-9/h2-3,8,10,12H,4-7H2,1H3. The van der Waals surface area contributed by atoms with E-state index >= 15 is 0 Å². The molecule has 3 nitrogen and oxygen atoms in total. The van der Waals surface area contributed by atoms with E-state index in [0.29, 0.717) is 0 Å². The van der Waals surface area contributed by atoms with Crippen molar-refractivity contribution in [3.8, 4) is 0 Å². The Morgan fingerprint density at radius 3 is 3.13 bits per heavy atom. The molecule has 0 radical (unpaired) electrons. The van der Waals surface area contributed by atoms with Gasteiger partial charge in [0.1, 0.15) is 0 Å². The molecule has 1 aromatic heterocycles. The zero-order valence-corrected chi connectivity index (χ0v) is 9.72. The van der Waals surface area contributed by atoms with E-state index in [9.17, 15) is 4.79 Å². The van der Waals surface area contributed by atoms with Crippen molar-refractivity contribution >= 4 is 17.2 Å². The summed E-state index contributed by atoms with van der Waals surface area (Å²) in [6.45, 7) is 1.76. The first-order valence-electron chi connectivity index (χ1n) is 5.29. The van der Waals surface area contributed by atoms with E-state index in [0.717, 1.165) is 25.9 Å².